The Kier molecular flexibility index (Phi) is 5.99. The molecular formula is C22H21FN4O2S2. The molecule has 31 heavy (non-hydrogen) atoms. The lowest BCUT2D eigenvalue weighted by molar-refractivity contribution is 0.581. The number of benzene rings is 2. The van der Waals surface area contributed by atoms with Crippen molar-refractivity contribution in [1.82, 2.24) is 14.7 Å². The van der Waals surface area contributed by atoms with Crippen molar-refractivity contribution in [3.05, 3.63) is 82.2 Å². The summed E-state index contributed by atoms with van der Waals surface area (Å²) in [7, 11) is -3.66. The van der Waals surface area contributed by atoms with Crippen molar-refractivity contribution >= 4 is 38.1 Å². The Labute approximate surface area is 184 Å². The molecule has 6 nitrogen and oxygen atoms in total. The Balaban J connectivity index is 1.63. The molecule has 4 rings (SSSR count). The van der Waals surface area contributed by atoms with Gasteiger partial charge in [-0.3, -0.25) is 0 Å². The first-order valence-electron chi connectivity index (χ1n) is 9.63. The zero-order valence-corrected chi connectivity index (χ0v) is 18.6. The molecule has 0 aliphatic rings. The minimum atomic E-state index is -3.66. The molecule has 0 saturated heterocycles. The monoisotopic (exact) mass is 456 g/mol. The highest BCUT2D eigenvalue weighted by Gasteiger charge is 2.17. The number of hydrogen-bond acceptors (Lipinski definition) is 6. The van der Waals surface area contributed by atoms with E-state index in [2.05, 4.69) is 20.0 Å². The Bertz CT molecular complexity index is 1350. The number of nitrogens with zero attached hydrogens (tertiary/aromatic N) is 2. The van der Waals surface area contributed by atoms with E-state index < -0.39 is 10.0 Å². The van der Waals surface area contributed by atoms with Crippen molar-refractivity contribution in [2.75, 3.05) is 5.32 Å². The van der Waals surface area contributed by atoms with Gasteiger partial charge in [0.25, 0.3) is 0 Å². The summed E-state index contributed by atoms with van der Waals surface area (Å²) in [5.41, 5.74) is 2.17. The lowest BCUT2D eigenvalue weighted by Gasteiger charge is -2.13. The van der Waals surface area contributed by atoms with E-state index in [0.717, 1.165) is 21.3 Å². The van der Waals surface area contributed by atoms with Crippen LogP contribution in [0.25, 0.3) is 10.9 Å². The Morgan fingerprint density at radius 2 is 1.77 bits per heavy atom. The normalized spacial score (nSPS) is 11.7. The third kappa shape index (κ3) is 4.73. The topological polar surface area (TPSA) is 84.0 Å². The molecule has 0 aliphatic heterocycles. The molecule has 2 aromatic heterocycles. The molecule has 0 unspecified atom stereocenters. The number of thiophene rings is 1. The number of aromatic nitrogens is 2. The van der Waals surface area contributed by atoms with Gasteiger partial charge in [-0.2, -0.15) is 0 Å². The molecule has 2 N–H and O–H groups in total. The molecule has 2 heterocycles. The second-order valence-corrected chi connectivity index (χ2v) is 10.4. The number of anilines is 1. The predicted octanol–water partition coefficient (Wildman–Crippen LogP) is 4.54. The molecule has 0 aliphatic carbocycles. The molecule has 0 fully saturated rings. The van der Waals surface area contributed by atoms with E-state index in [0.29, 0.717) is 17.2 Å². The van der Waals surface area contributed by atoms with E-state index in [-0.39, 0.29) is 23.1 Å². The standard InChI is InChI=1S/C22H21FN4O2S2/c1-14-6-5-8-17-21(14)26-19(13-25-31(28,29)20-11-10-15(2)30-20)27-22(17)24-12-16-7-3-4-9-18(16)23/h3-11,25H,12-13H2,1-2H3,(H,24,26,27). The van der Waals surface area contributed by atoms with Gasteiger partial charge in [-0.05, 0) is 43.7 Å². The number of para-hydroxylation sites is 1. The number of fused-ring (bicyclic) bond motifs is 1. The SMILES string of the molecule is Cc1ccc(S(=O)(=O)NCc2nc(NCc3ccccc3F)c3cccc(C)c3n2)s1. The zero-order valence-electron chi connectivity index (χ0n) is 17.0. The number of rotatable bonds is 7. The van der Waals surface area contributed by atoms with Crippen LogP contribution in [0.15, 0.2) is 58.8 Å². The maximum absolute atomic E-state index is 14.0. The fourth-order valence-corrected chi connectivity index (χ4v) is 5.47. The molecule has 2 aromatic carbocycles. The maximum atomic E-state index is 14.0. The summed E-state index contributed by atoms with van der Waals surface area (Å²) >= 11 is 1.21. The van der Waals surface area contributed by atoms with Crippen LogP contribution in [-0.2, 0) is 23.1 Å². The maximum Gasteiger partial charge on any atom is 0.250 e. The zero-order chi connectivity index (χ0) is 22.0. The second kappa shape index (κ2) is 8.70. The van der Waals surface area contributed by atoms with Crippen LogP contribution in [0, 0.1) is 19.7 Å². The van der Waals surface area contributed by atoms with Crippen LogP contribution in [0.2, 0.25) is 0 Å². The first-order valence-corrected chi connectivity index (χ1v) is 11.9. The second-order valence-electron chi connectivity index (χ2n) is 7.09. The van der Waals surface area contributed by atoms with Gasteiger partial charge in [0.15, 0.2) is 0 Å². The van der Waals surface area contributed by atoms with Gasteiger partial charge in [0.2, 0.25) is 10.0 Å². The van der Waals surface area contributed by atoms with Gasteiger partial charge >= 0.3 is 0 Å². The summed E-state index contributed by atoms with van der Waals surface area (Å²) in [4.78, 5) is 10.00. The number of aryl methyl sites for hydroxylation is 2. The van der Waals surface area contributed by atoms with Crippen LogP contribution in [0.4, 0.5) is 10.2 Å². The summed E-state index contributed by atoms with van der Waals surface area (Å²) in [5, 5.41) is 3.97. The molecule has 9 heteroatoms. The highest BCUT2D eigenvalue weighted by molar-refractivity contribution is 7.91. The van der Waals surface area contributed by atoms with Gasteiger partial charge in [-0.25, -0.2) is 27.5 Å². The quantitative estimate of drug-likeness (QED) is 0.427. The van der Waals surface area contributed by atoms with Crippen LogP contribution in [0.3, 0.4) is 0 Å². The van der Waals surface area contributed by atoms with Crippen LogP contribution >= 0.6 is 11.3 Å². The molecule has 0 bridgehead atoms. The molecule has 0 amide bonds. The lowest BCUT2D eigenvalue weighted by atomic mass is 10.1. The van der Waals surface area contributed by atoms with Crippen LogP contribution in [0.5, 0.6) is 0 Å². The molecule has 0 radical (unpaired) electrons. The van der Waals surface area contributed by atoms with Crippen molar-refractivity contribution in [2.45, 2.75) is 31.1 Å². The van der Waals surface area contributed by atoms with Crippen molar-refractivity contribution in [1.29, 1.82) is 0 Å². The summed E-state index contributed by atoms with van der Waals surface area (Å²) in [6.45, 7) is 3.97. The van der Waals surface area contributed by atoms with Crippen molar-refractivity contribution in [3.8, 4) is 0 Å². The predicted molar refractivity (Wildman–Crippen MR) is 121 cm³/mol. The Hall–Kier alpha value is -2.88. The largest absolute Gasteiger partial charge is 0.365 e. The van der Waals surface area contributed by atoms with Crippen LogP contribution < -0.4 is 10.0 Å². The van der Waals surface area contributed by atoms with Crippen molar-refractivity contribution in [2.24, 2.45) is 0 Å². The van der Waals surface area contributed by atoms with Crippen molar-refractivity contribution in [3.63, 3.8) is 0 Å². The molecule has 0 spiro atoms. The third-order valence-electron chi connectivity index (χ3n) is 4.78. The molecule has 4 aromatic rings. The van der Waals surface area contributed by atoms with Gasteiger partial charge in [-0.1, -0.05) is 30.3 Å². The fraction of sp³-hybridized carbons (Fsp3) is 0.182. The average molecular weight is 457 g/mol. The minimum absolute atomic E-state index is 0.0576. The highest BCUT2D eigenvalue weighted by atomic mass is 32.2. The van der Waals surface area contributed by atoms with Gasteiger partial charge in [0.05, 0.1) is 12.1 Å². The first-order chi connectivity index (χ1) is 14.8. The summed E-state index contributed by atoms with van der Waals surface area (Å²) in [5.74, 6) is 0.552. The number of sulfonamides is 1. The van der Waals surface area contributed by atoms with Gasteiger partial charge < -0.3 is 5.32 Å². The summed E-state index contributed by atoms with van der Waals surface area (Å²) < 4.78 is 42.0. The Morgan fingerprint density at radius 1 is 0.968 bits per heavy atom. The Morgan fingerprint density at radius 3 is 2.52 bits per heavy atom. The molecular weight excluding hydrogens is 435 g/mol. The smallest absolute Gasteiger partial charge is 0.250 e. The van der Waals surface area contributed by atoms with Crippen LogP contribution in [-0.4, -0.2) is 18.4 Å². The van der Waals surface area contributed by atoms with Gasteiger partial charge in [0.1, 0.15) is 21.7 Å². The number of halogens is 1. The van der Waals surface area contributed by atoms with Gasteiger partial charge in [-0.15, -0.1) is 11.3 Å². The summed E-state index contributed by atoms with van der Waals surface area (Å²) in [6.07, 6.45) is 0. The molecule has 0 saturated carbocycles. The highest BCUT2D eigenvalue weighted by Crippen LogP contribution is 2.25. The first kappa shape index (κ1) is 21.4. The third-order valence-corrected chi connectivity index (χ3v) is 7.67. The number of nitrogens with one attached hydrogen (secondary N) is 2. The van der Waals surface area contributed by atoms with E-state index in [9.17, 15) is 12.8 Å². The van der Waals surface area contributed by atoms with Crippen molar-refractivity contribution < 1.29 is 12.8 Å². The van der Waals surface area contributed by atoms with E-state index in [1.54, 1.807) is 30.3 Å². The van der Waals surface area contributed by atoms with E-state index in [1.165, 1.54) is 17.4 Å². The number of hydrogen-bond donors (Lipinski definition) is 2. The molecule has 0 atom stereocenters. The van der Waals surface area contributed by atoms with E-state index >= 15 is 0 Å². The van der Waals surface area contributed by atoms with E-state index in [1.807, 2.05) is 32.0 Å². The molecule has 160 valence electrons. The minimum Gasteiger partial charge on any atom is -0.365 e. The fourth-order valence-electron chi connectivity index (χ4n) is 3.16. The summed E-state index contributed by atoms with van der Waals surface area (Å²) in [6, 6.07) is 15.6. The lowest BCUT2D eigenvalue weighted by Crippen LogP contribution is -2.24. The van der Waals surface area contributed by atoms with Gasteiger partial charge in [0, 0.05) is 22.4 Å². The average Bonchev–Trinajstić information content (AvgIpc) is 3.19. The van der Waals surface area contributed by atoms with E-state index in [4.69, 9.17) is 0 Å². The van der Waals surface area contributed by atoms with Crippen LogP contribution in [0.1, 0.15) is 21.8 Å².